The lowest BCUT2D eigenvalue weighted by Crippen LogP contribution is -2.36. The smallest absolute Gasteiger partial charge is 0.171 e. The summed E-state index contributed by atoms with van der Waals surface area (Å²) < 4.78 is 1.79. The van der Waals surface area contributed by atoms with Crippen molar-refractivity contribution in [3.63, 3.8) is 0 Å². The topological polar surface area (TPSA) is 51.0 Å². The van der Waals surface area contributed by atoms with E-state index in [2.05, 4.69) is 22.1 Å². The number of hydrogen-bond acceptors (Lipinski definition) is 4. The van der Waals surface area contributed by atoms with Gasteiger partial charge in [0.15, 0.2) is 6.29 Å². The second-order valence-corrected chi connectivity index (χ2v) is 4.38. The Morgan fingerprint density at radius 2 is 2.50 bits per heavy atom. The van der Waals surface area contributed by atoms with Crippen molar-refractivity contribution in [2.75, 3.05) is 19.6 Å². The lowest BCUT2D eigenvalue weighted by atomic mass is 9.98. The van der Waals surface area contributed by atoms with E-state index in [0.29, 0.717) is 11.6 Å². The van der Waals surface area contributed by atoms with Crippen LogP contribution in [0.4, 0.5) is 0 Å². The monoisotopic (exact) mass is 222 g/mol. The molecule has 1 saturated heterocycles. The number of nitrogens with zero attached hydrogens (tertiary/aromatic N) is 4. The minimum atomic E-state index is 0.420. The lowest BCUT2D eigenvalue weighted by molar-refractivity contribution is 0.111. The van der Waals surface area contributed by atoms with Crippen LogP contribution in [-0.4, -0.2) is 45.8 Å². The van der Waals surface area contributed by atoms with Crippen molar-refractivity contribution in [3.8, 4) is 0 Å². The third kappa shape index (κ3) is 2.66. The van der Waals surface area contributed by atoms with Crippen molar-refractivity contribution in [1.82, 2.24) is 19.9 Å². The number of aldehydes is 1. The summed E-state index contributed by atoms with van der Waals surface area (Å²) in [5.41, 5.74) is 0.420. The number of rotatable bonds is 4. The highest BCUT2D eigenvalue weighted by molar-refractivity contribution is 5.70. The van der Waals surface area contributed by atoms with Crippen LogP contribution in [0.2, 0.25) is 0 Å². The van der Waals surface area contributed by atoms with Crippen LogP contribution in [0.15, 0.2) is 6.20 Å². The highest BCUT2D eigenvalue weighted by atomic mass is 16.1. The van der Waals surface area contributed by atoms with E-state index in [9.17, 15) is 4.79 Å². The van der Waals surface area contributed by atoms with Gasteiger partial charge >= 0.3 is 0 Å². The molecule has 1 aromatic rings. The molecule has 5 heteroatoms. The van der Waals surface area contributed by atoms with Crippen LogP contribution < -0.4 is 0 Å². The number of aromatic nitrogens is 3. The molecule has 0 aromatic carbocycles. The molecule has 1 aliphatic heterocycles. The molecule has 1 atom stereocenters. The second kappa shape index (κ2) is 5.21. The van der Waals surface area contributed by atoms with Crippen LogP contribution in [0.5, 0.6) is 0 Å². The van der Waals surface area contributed by atoms with E-state index in [1.54, 1.807) is 10.9 Å². The fourth-order valence-electron chi connectivity index (χ4n) is 2.31. The van der Waals surface area contributed by atoms with Crippen LogP contribution in [0, 0.1) is 5.92 Å². The SMILES string of the molecule is CCN1CCCC(Cn2cc(C=O)nn2)C1. The van der Waals surface area contributed by atoms with Gasteiger partial charge in [-0.3, -0.25) is 9.48 Å². The first-order valence-electron chi connectivity index (χ1n) is 5.89. The zero-order valence-corrected chi connectivity index (χ0v) is 9.67. The average molecular weight is 222 g/mol. The highest BCUT2D eigenvalue weighted by Gasteiger charge is 2.19. The van der Waals surface area contributed by atoms with E-state index < -0.39 is 0 Å². The number of piperidine rings is 1. The van der Waals surface area contributed by atoms with Crippen molar-refractivity contribution < 1.29 is 4.79 Å². The molecule has 2 heterocycles. The standard InChI is InChI=1S/C11H18N4O/c1-2-14-5-3-4-10(6-14)7-15-8-11(9-16)12-13-15/h8-10H,2-7H2,1H3. The third-order valence-corrected chi connectivity index (χ3v) is 3.17. The van der Waals surface area contributed by atoms with Crippen molar-refractivity contribution >= 4 is 6.29 Å². The van der Waals surface area contributed by atoms with Gasteiger partial charge in [-0.15, -0.1) is 5.10 Å². The molecule has 88 valence electrons. The van der Waals surface area contributed by atoms with Crippen molar-refractivity contribution in [2.45, 2.75) is 26.3 Å². The summed E-state index contributed by atoms with van der Waals surface area (Å²) in [5.74, 6) is 0.634. The Labute approximate surface area is 95.4 Å². The molecular weight excluding hydrogens is 204 g/mol. The summed E-state index contributed by atoms with van der Waals surface area (Å²) in [7, 11) is 0. The van der Waals surface area contributed by atoms with Crippen molar-refractivity contribution in [2.24, 2.45) is 5.92 Å². The Kier molecular flexibility index (Phi) is 3.66. The van der Waals surface area contributed by atoms with Gasteiger partial charge in [0.05, 0.1) is 6.20 Å². The molecule has 16 heavy (non-hydrogen) atoms. The summed E-state index contributed by atoms with van der Waals surface area (Å²) in [5, 5.41) is 7.72. The molecule has 0 amide bonds. The van der Waals surface area contributed by atoms with Crippen LogP contribution in [0.25, 0.3) is 0 Å². The average Bonchev–Trinajstić information content (AvgIpc) is 2.77. The van der Waals surface area contributed by atoms with E-state index in [0.717, 1.165) is 25.9 Å². The van der Waals surface area contributed by atoms with Crippen LogP contribution in [0.1, 0.15) is 30.3 Å². The first-order chi connectivity index (χ1) is 7.81. The molecule has 1 unspecified atom stereocenters. The Hall–Kier alpha value is -1.23. The molecule has 2 rings (SSSR count). The van der Waals surface area contributed by atoms with Gasteiger partial charge < -0.3 is 4.90 Å². The fourth-order valence-corrected chi connectivity index (χ4v) is 2.31. The minimum absolute atomic E-state index is 0.420. The Morgan fingerprint density at radius 1 is 1.62 bits per heavy atom. The fraction of sp³-hybridized carbons (Fsp3) is 0.727. The number of carbonyl (C=O) groups is 1. The molecule has 0 saturated carbocycles. The maximum absolute atomic E-state index is 10.5. The molecule has 0 spiro atoms. The molecule has 1 aliphatic rings. The van der Waals surface area contributed by atoms with Gasteiger partial charge in [-0.1, -0.05) is 12.1 Å². The Morgan fingerprint density at radius 3 is 3.19 bits per heavy atom. The highest BCUT2D eigenvalue weighted by Crippen LogP contribution is 2.17. The van der Waals surface area contributed by atoms with Gasteiger partial charge in [-0.25, -0.2) is 0 Å². The normalized spacial score (nSPS) is 22.2. The van der Waals surface area contributed by atoms with E-state index in [-0.39, 0.29) is 0 Å². The maximum Gasteiger partial charge on any atom is 0.171 e. The van der Waals surface area contributed by atoms with E-state index >= 15 is 0 Å². The number of hydrogen-bond donors (Lipinski definition) is 0. The van der Waals surface area contributed by atoms with Gasteiger partial charge in [-0.05, 0) is 31.8 Å². The minimum Gasteiger partial charge on any atom is -0.303 e. The predicted molar refractivity (Wildman–Crippen MR) is 60.2 cm³/mol. The first-order valence-corrected chi connectivity index (χ1v) is 5.89. The second-order valence-electron chi connectivity index (χ2n) is 4.38. The summed E-state index contributed by atoms with van der Waals surface area (Å²) in [6.45, 7) is 6.53. The summed E-state index contributed by atoms with van der Waals surface area (Å²) >= 11 is 0. The quantitative estimate of drug-likeness (QED) is 0.708. The van der Waals surface area contributed by atoms with E-state index in [4.69, 9.17) is 0 Å². The first kappa shape index (κ1) is 11.3. The van der Waals surface area contributed by atoms with Gasteiger partial charge in [-0.2, -0.15) is 0 Å². The van der Waals surface area contributed by atoms with E-state index in [1.807, 2.05) is 0 Å². The Balaban J connectivity index is 1.91. The molecule has 0 aliphatic carbocycles. The predicted octanol–water partition coefficient (Wildman–Crippen LogP) is 0.822. The molecule has 0 N–H and O–H groups in total. The molecule has 1 aromatic heterocycles. The maximum atomic E-state index is 10.5. The van der Waals surface area contributed by atoms with Gasteiger partial charge in [0.1, 0.15) is 5.69 Å². The van der Waals surface area contributed by atoms with Crippen molar-refractivity contribution in [3.05, 3.63) is 11.9 Å². The zero-order valence-electron chi connectivity index (χ0n) is 9.67. The Bertz CT molecular complexity index is 350. The van der Waals surface area contributed by atoms with Gasteiger partial charge in [0.25, 0.3) is 0 Å². The summed E-state index contributed by atoms with van der Waals surface area (Å²) in [6.07, 6.45) is 4.96. The van der Waals surface area contributed by atoms with Crippen LogP contribution in [0.3, 0.4) is 0 Å². The summed E-state index contributed by atoms with van der Waals surface area (Å²) in [6, 6.07) is 0. The molecule has 1 fully saturated rings. The molecule has 0 radical (unpaired) electrons. The zero-order chi connectivity index (χ0) is 11.4. The molecule has 5 nitrogen and oxygen atoms in total. The lowest BCUT2D eigenvalue weighted by Gasteiger charge is -2.31. The van der Waals surface area contributed by atoms with Gasteiger partial charge in [0, 0.05) is 13.1 Å². The van der Waals surface area contributed by atoms with E-state index in [1.165, 1.54) is 19.4 Å². The van der Waals surface area contributed by atoms with Crippen LogP contribution in [-0.2, 0) is 6.54 Å². The van der Waals surface area contributed by atoms with Crippen molar-refractivity contribution in [1.29, 1.82) is 0 Å². The molecule has 0 bridgehead atoms. The van der Waals surface area contributed by atoms with Crippen LogP contribution >= 0.6 is 0 Å². The number of carbonyl (C=O) groups excluding carboxylic acids is 1. The largest absolute Gasteiger partial charge is 0.303 e. The number of likely N-dealkylation sites (tertiary alicyclic amines) is 1. The third-order valence-electron chi connectivity index (χ3n) is 3.17. The summed E-state index contributed by atoms with van der Waals surface area (Å²) in [4.78, 5) is 13.0. The van der Waals surface area contributed by atoms with Gasteiger partial charge in [0.2, 0.25) is 0 Å². The molecular formula is C11H18N4O.